The van der Waals surface area contributed by atoms with E-state index in [1.165, 1.54) is 19.4 Å². The van der Waals surface area contributed by atoms with Crippen molar-refractivity contribution in [2.24, 2.45) is 16.8 Å². The summed E-state index contributed by atoms with van der Waals surface area (Å²) >= 11 is 0. The first-order valence-electron chi connectivity index (χ1n) is 9.52. The summed E-state index contributed by atoms with van der Waals surface area (Å²) < 4.78 is 5.20. The molecule has 0 saturated carbocycles. The highest BCUT2D eigenvalue weighted by molar-refractivity contribution is 5.81. The molecule has 2 unspecified atom stereocenters. The molecule has 1 N–H and O–H groups in total. The molecule has 0 aromatic heterocycles. The van der Waals surface area contributed by atoms with Crippen LogP contribution in [0.1, 0.15) is 39.5 Å². The minimum atomic E-state index is -0.0630. The molecular formula is C18H34N4O2. The summed E-state index contributed by atoms with van der Waals surface area (Å²) in [5.74, 6) is 1.51. The van der Waals surface area contributed by atoms with Crippen molar-refractivity contribution >= 4 is 11.9 Å². The summed E-state index contributed by atoms with van der Waals surface area (Å²) in [6, 6.07) is 0. The Kier molecular flexibility index (Phi) is 7.82. The van der Waals surface area contributed by atoms with Crippen LogP contribution >= 0.6 is 0 Å². The van der Waals surface area contributed by atoms with Crippen LogP contribution in [0.25, 0.3) is 0 Å². The molecule has 24 heavy (non-hydrogen) atoms. The number of esters is 1. The third-order valence-corrected chi connectivity index (χ3v) is 4.90. The second-order valence-electron chi connectivity index (χ2n) is 7.00. The number of rotatable bonds is 5. The maximum atomic E-state index is 12.1. The van der Waals surface area contributed by atoms with Gasteiger partial charge in [-0.3, -0.25) is 9.79 Å². The lowest BCUT2D eigenvalue weighted by Crippen LogP contribution is -2.48. The second-order valence-corrected chi connectivity index (χ2v) is 7.00. The van der Waals surface area contributed by atoms with Gasteiger partial charge in [-0.25, -0.2) is 0 Å². The molecule has 0 radical (unpaired) electrons. The van der Waals surface area contributed by atoms with Crippen molar-refractivity contribution in [1.29, 1.82) is 0 Å². The van der Waals surface area contributed by atoms with Gasteiger partial charge < -0.3 is 19.9 Å². The molecule has 2 saturated heterocycles. The van der Waals surface area contributed by atoms with Gasteiger partial charge in [-0.2, -0.15) is 0 Å². The number of ether oxygens (including phenoxy) is 1. The van der Waals surface area contributed by atoms with E-state index < -0.39 is 0 Å². The largest absolute Gasteiger partial charge is 0.466 e. The summed E-state index contributed by atoms with van der Waals surface area (Å²) in [5, 5.41) is 3.40. The highest BCUT2D eigenvalue weighted by Crippen LogP contribution is 2.19. The Balaban J connectivity index is 1.95. The van der Waals surface area contributed by atoms with Gasteiger partial charge in [-0.15, -0.1) is 0 Å². The monoisotopic (exact) mass is 338 g/mol. The third kappa shape index (κ3) is 5.65. The highest BCUT2D eigenvalue weighted by Gasteiger charge is 2.28. The minimum absolute atomic E-state index is 0.0247. The summed E-state index contributed by atoms with van der Waals surface area (Å²) in [4.78, 5) is 21.6. The number of guanidine groups is 1. The van der Waals surface area contributed by atoms with Crippen molar-refractivity contribution in [1.82, 2.24) is 15.1 Å². The third-order valence-electron chi connectivity index (χ3n) is 4.90. The highest BCUT2D eigenvalue weighted by atomic mass is 16.5. The molecular weight excluding hydrogens is 304 g/mol. The van der Waals surface area contributed by atoms with Crippen LogP contribution in [0.5, 0.6) is 0 Å². The van der Waals surface area contributed by atoms with Crippen molar-refractivity contribution in [3.8, 4) is 0 Å². The number of carbonyl (C=O) groups excluding carboxylic acids is 1. The molecule has 0 amide bonds. The molecule has 6 heteroatoms. The Bertz CT molecular complexity index is 427. The van der Waals surface area contributed by atoms with Crippen molar-refractivity contribution in [3.63, 3.8) is 0 Å². The lowest BCUT2D eigenvalue weighted by Gasteiger charge is -2.34. The molecule has 0 aliphatic carbocycles. The van der Waals surface area contributed by atoms with Gasteiger partial charge in [0.25, 0.3) is 0 Å². The van der Waals surface area contributed by atoms with Crippen molar-refractivity contribution in [2.45, 2.75) is 39.5 Å². The van der Waals surface area contributed by atoms with Crippen LogP contribution in [0.3, 0.4) is 0 Å². The lowest BCUT2D eigenvalue weighted by atomic mass is 9.98. The first-order chi connectivity index (χ1) is 11.6. The predicted molar refractivity (Wildman–Crippen MR) is 97.1 cm³/mol. The Morgan fingerprint density at radius 1 is 1.21 bits per heavy atom. The van der Waals surface area contributed by atoms with E-state index in [2.05, 4.69) is 29.1 Å². The average molecular weight is 338 g/mol. The lowest BCUT2D eigenvalue weighted by molar-refractivity contribution is -0.149. The van der Waals surface area contributed by atoms with Gasteiger partial charge in [-0.1, -0.05) is 0 Å². The Morgan fingerprint density at radius 3 is 2.71 bits per heavy atom. The summed E-state index contributed by atoms with van der Waals surface area (Å²) in [5.41, 5.74) is 0. The quantitative estimate of drug-likeness (QED) is 0.468. The molecule has 2 rings (SSSR count). The first-order valence-corrected chi connectivity index (χ1v) is 9.52. The number of nitrogens with zero attached hydrogens (tertiary/aromatic N) is 3. The van der Waals surface area contributed by atoms with E-state index in [9.17, 15) is 4.79 Å². The first kappa shape index (κ1) is 19.0. The van der Waals surface area contributed by atoms with Crippen LogP contribution < -0.4 is 5.32 Å². The fraction of sp³-hybridized carbons (Fsp3) is 0.889. The fourth-order valence-corrected chi connectivity index (χ4v) is 3.69. The number of hydrogen-bond donors (Lipinski definition) is 1. The standard InChI is InChI=1S/C18H34N4O2/c1-4-19-18(20-12-15-8-6-10-21(3)13-15)22-11-7-9-16(14-22)17(23)24-5-2/h15-16H,4-14H2,1-3H3,(H,19,20). The molecule has 2 aliphatic heterocycles. The van der Waals surface area contributed by atoms with E-state index in [-0.39, 0.29) is 11.9 Å². The van der Waals surface area contributed by atoms with E-state index in [4.69, 9.17) is 9.73 Å². The normalized spacial score (nSPS) is 26.3. The molecule has 2 fully saturated rings. The van der Waals surface area contributed by atoms with Gasteiger partial charge in [0.1, 0.15) is 0 Å². The molecule has 6 nitrogen and oxygen atoms in total. The van der Waals surface area contributed by atoms with Crippen molar-refractivity contribution in [3.05, 3.63) is 0 Å². The SMILES string of the molecule is CCNC(=NCC1CCCN(C)C1)N1CCCC(C(=O)OCC)C1. The van der Waals surface area contributed by atoms with Crippen LogP contribution in [0.2, 0.25) is 0 Å². The smallest absolute Gasteiger partial charge is 0.310 e. The van der Waals surface area contributed by atoms with Gasteiger partial charge in [0.15, 0.2) is 5.96 Å². The van der Waals surface area contributed by atoms with Crippen LogP contribution in [-0.4, -0.2) is 74.7 Å². The fourth-order valence-electron chi connectivity index (χ4n) is 3.69. The second kappa shape index (κ2) is 9.87. The maximum absolute atomic E-state index is 12.1. The number of aliphatic imine (C=N–C) groups is 1. The zero-order valence-electron chi connectivity index (χ0n) is 15.6. The summed E-state index contributed by atoms with van der Waals surface area (Å²) in [6.07, 6.45) is 4.46. The van der Waals surface area contributed by atoms with Crippen LogP contribution in [0, 0.1) is 11.8 Å². The number of piperidine rings is 2. The number of hydrogen-bond acceptors (Lipinski definition) is 4. The van der Waals surface area contributed by atoms with Gasteiger partial charge in [0, 0.05) is 32.7 Å². The number of likely N-dealkylation sites (tertiary alicyclic amines) is 2. The zero-order chi connectivity index (χ0) is 17.4. The maximum Gasteiger partial charge on any atom is 0.310 e. The van der Waals surface area contributed by atoms with E-state index in [0.717, 1.165) is 51.5 Å². The number of carbonyl (C=O) groups is 1. The average Bonchev–Trinajstić information content (AvgIpc) is 2.59. The van der Waals surface area contributed by atoms with Gasteiger partial charge >= 0.3 is 5.97 Å². The van der Waals surface area contributed by atoms with Gasteiger partial charge in [0.05, 0.1) is 12.5 Å². The Labute approximate surface area is 146 Å². The van der Waals surface area contributed by atoms with E-state index in [0.29, 0.717) is 12.5 Å². The topological polar surface area (TPSA) is 57.2 Å². The van der Waals surface area contributed by atoms with Gasteiger partial charge in [0.2, 0.25) is 0 Å². The summed E-state index contributed by atoms with van der Waals surface area (Å²) in [6.45, 7) is 10.2. The van der Waals surface area contributed by atoms with Crippen LogP contribution in [0.15, 0.2) is 4.99 Å². The van der Waals surface area contributed by atoms with Crippen LogP contribution in [0.4, 0.5) is 0 Å². The van der Waals surface area contributed by atoms with E-state index in [1.54, 1.807) is 0 Å². The molecule has 2 heterocycles. The van der Waals surface area contributed by atoms with Gasteiger partial charge in [-0.05, 0) is 59.0 Å². The molecule has 0 aromatic carbocycles. The molecule has 2 aliphatic rings. The number of nitrogens with one attached hydrogen (secondary N) is 1. The van der Waals surface area contributed by atoms with E-state index >= 15 is 0 Å². The molecule has 138 valence electrons. The van der Waals surface area contributed by atoms with Crippen LogP contribution in [-0.2, 0) is 9.53 Å². The zero-order valence-corrected chi connectivity index (χ0v) is 15.6. The van der Waals surface area contributed by atoms with Crippen molar-refractivity contribution in [2.75, 3.05) is 52.9 Å². The molecule has 0 aromatic rings. The molecule has 2 atom stereocenters. The summed E-state index contributed by atoms with van der Waals surface area (Å²) in [7, 11) is 2.19. The van der Waals surface area contributed by atoms with Crippen molar-refractivity contribution < 1.29 is 9.53 Å². The molecule has 0 bridgehead atoms. The molecule has 0 spiro atoms. The van der Waals surface area contributed by atoms with E-state index in [1.807, 2.05) is 6.92 Å². The predicted octanol–water partition coefficient (Wildman–Crippen LogP) is 1.57. The Morgan fingerprint density at radius 2 is 2.00 bits per heavy atom. The Hall–Kier alpha value is -1.30. The minimum Gasteiger partial charge on any atom is -0.466 e.